The molecule has 1 aromatic carbocycles. The van der Waals surface area contributed by atoms with E-state index in [0.717, 1.165) is 27.7 Å². The Kier molecular flexibility index (Phi) is 6.08. The summed E-state index contributed by atoms with van der Waals surface area (Å²) in [6, 6.07) is 8.41. The number of methoxy groups -OCH3 is 1. The van der Waals surface area contributed by atoms with Gasteiger partial charge in [-0.3, -0.25) is 0 Å². The molecule has 1 heterocycles. The number of benzene rings is 1. The molecule has 0 saturated heterocycles. The number of rotatable bonds is 6. The van der Waals surface area contributed by atoms with Gasteiger partial charge in [-0.25, -0.2) is 0 Å². The fourth-order valence-electron chi connectivity index (χ4n) is 2.01. The molecule has 108 valence electrons. The Bertz CT molecular complexity index is 571. The van der Waals surface area contributed by atoms with Gasteiger partial charge in [0.05, 0.1) is 13.2 Å². The van der Waals surface area contributed by atoms with Crippen LogP contribution in [0.2, 0.25) is 0 Å². The lowest BCUT2D eigenvalue weighted by Gasteiger charge is -2.20. The van der Waals surface area contributed by atoms with Gasteiger partial charge in [0.2, 0.25) is 0 Å². The van der Waals surface area contributed by atoms with Crippen LogP contribution >= 0.6 is 43.2 Å². The molecule has 2 rings (SSSR count). The van der Waals surface area contributed by atoms with Gasteiger partial charge in [0.15, 0.2) is 0 Å². The average Bonchev–Trinajstić information content (AvgIpc) is 2.87. The Hall–Kier alpha value is -0.360. The van der Waals surface area contributed by atoms with E-state index in [1.54, 1.807) is 18.4 Å². The van der Waals surface area contributed by atoms with Gasteiger partial charge in [0, 0.05) is 13.8 Å². The topological polar surface area (TPSA) is 21.3 Å². The van der Waals surface area contributed by atoms with E-state index in [-0.39, 0.29) is 6.04 Å². The monoisotopic (exact) mass is 417 g/mol. The van der Waals surface area contributed by atoms with Crippen molar-refractivity contribution in [2.45, 2.75) is 19.4 Å². The zero-order valence-electron chi connectivity index (χ0n) is 11.5. The molecule has 20 heavy (non-hydrogen) atoms. The SMILES string of the molecule is CCCNC(c1ccc(OC)cc1Br)c1sccc1Br. The zero-order chi connectivity index (χ0) is 14.5. The summed E-state index contributed by atoms with van der Waals surface area (Å²) in [6.07, 6.45) is 1.10. The first-order chi connectivity index (χ1) is 9.67. The van der Waals surface area contributed by atoms with Gasteiger partial charge in [-0.2, -0.15) is 0 Å². The molecule has 1 aromatic heterocycles. The molecule has 0 aliphatic heterocycles. The molecule has 0 amide bonds. The maximum Gasteiger partial charge on any atom is 0.120 e. The number of halogens is 2. The van der Waals surface area contributed by atoms with Crippen LogP contribution in [0.5, 0.6) is 5.75 Å². The van der Waals surface area contributed by atoms with Crippen molar-refractivity contribution in [2.75, 3.05) is 13.7 Å². The maximum absolute atomic E-state index is 5.27. The second-order valence-electron chi connectivity index (χ2n) is 4.41. The van der Waals surface area contributed by atoms with E-state index in [1.165, 1.54) is 10.4 Å². The summed E-state index contributed by atoms with van der Waals surface area (Å²) >= 11 is 9.06. The number of thiophene rings is 1. The third-order valence-corrected chi connectivity index (χ3v) is 5.65. The van der Waals surface area contributed by atoms with E-state index in [0.29, 0.717) is 0 Å². The van der Waals surface area contributed by atoms with Crippen LogP contribution in [0.25, 0.3) is 0 Å². The van der Waals surface area contributed by atoms with Crippen LogP contribution in [-0.2, 0) is 0 Å². The second kappa shape index (κ2) is 7.59. The highest BCUT2D eigenvalue weighted by Gasteiger charge is 2.20. The van der Waals surface area contributed by atoms with Gasteiger partial charge < -0.3 is 10.1 Å². The molecule has 0 spiro atoms. The summed E-state index contributed by atoms with van der Waals surface area (Å²) in [6.45, 7) is 3.16. The van der Waals surface area contributed by atoms with Crippen molar-refractivity contribution in [3.8, 4) is 5.75 Å². The van der Waals surface area contributed by atoms with Crippen LogP contribution in [0.3, 0.4) is 0 Å². The average molecular weight is 419 g/mol. The summed E-state index contributed by atoms with van der Waals surface area (Å²) in [5, 5.41) is 5.73. The molecule has 0 aliphatic rings. The number of nitrogens with one attached hydrogen (secondary N) is 1. The third kappa shape index (κ3) is 3.64. The van der Waals surface area contributed by atoms with Crippen LogP contribution in [-0.4, -0.2) is 13.7 Å². The van der Waals surface area contributed by atoms with Crippen LogP contribution < -0.4 is 10.1 Å². The first kappa shape index (κ1) is 16.0. The lowest BCUT2D eigenvalue weighted by molar-refractivity contribution is 0.414. The summed E-state index contributed by atoms with van der Waals surface area (Å²) in [5.41, 5.74) is 1.22. The Morgan fingerprint density at radius 2 is 2.05 bits per heavy atom. The highest BCUT2D eigenvalue weighted by atomic mass is 79.9. The lowest BCUT2D eigenvalue weighted by Crippen LogP contribution is -2.23. The summed E-state index contributed by atoms with van der Waals surface area (Å²) in [7, 11) is 1.68. The minimum Gasteiger partial charge on any atom is -0.497 e. The Labute approximate surface area is 140 Å². The zero-order valence-corrected chi connectivity index (χ0v) is 15.4. The van der Waals surface area contributed by atoms with Crippen molar-refractivity contribution in [3.05, 3.63) is 49.0 Å². The fourth-order valence-corrected chi connectivity index (χ4v) is 4.29. The normalized spacial score (nSPS) is 12.4. The molecule has 0 radical (unpaired) electrons. The Morgan fingerprint density at radius 1 is 1.25 bits per heavy atom. The van der Waals surface area contributed by atoms with E-state index in [1.807, 2.05) is 12.1 Å². The maximum atomic E-state index is 5.27. The summed E-state index contributed by atoms with van der Waals surface area (Å²) < 4.78 is 7.48. The van der Waals surface area contributed by atoms with Crippen molar-refractivity contribution in [2.24, 2.45) is 0 Å². The van der Waals surface area contributed by atoms with Crippen LogP contribution in [0.15, 0.2) is 38.6 Å². The van der Waals surface area contributed by atoms with Crippen molar-refractivity contribution >= 4 is 43.2 Å². The van der Waals surface area contributed by atoms with Gasteiger partial charge in [0.25, 0.3) is 0 Å². The number of hydrogen-bond acceptors (Lipinski definition) is 3. The van der Waals surface area contributed by atoms with Gasteiger partial charge >= 0.3 is 0 Å². The predicted octanol–water partition coefficient (Wildman–Crippen LogP) is 5.37. The number of hydrogen-bond donors (Lipinski definition) is 1. The smallest absolute Gasteiger partial charge is 0.120 e. The van der Waals surface area contributed by atoms with Gasteiger partial charge in [0.1, 0.15) is 5.75 Å². The molecule has 2 nitrogen and oxygen atoms in total. The van der Waals surface area contributed by atoms with Crippen molar-refractivity contribution in [3.63, 3.8) is 0 Å². The van der Waals surface area contributed by atoms with Gasteiger partial charge in [-0.1, -0.05) is 28.9 Å². The third-order valence-electron chi connectivity index (χ3n) is 3.02. The molecule has 2 aromatic rings. The molecular weight excluding hydrogens is 402 g/mol. The summed E-state index contributed by atoms with van der Waals surface area (Å²) in [5.74, 6) is 0.861. The standard InChI is InChI=1S/C15H17Br2NOS/c1-3-7-18-14(15-12(16)6-8-20-15)11-5-4-10(19-2)9-13(11)17/h4-6,8-9,14,18H,3,7H2,1-2H3. The second-order valence-corrected chi connectivity index (χ2v) is 7.06. The molecule has 1 N–H and O–H groups in total. The van der Waals surface area contributed by atoms with E-state index >= 15 is 0 Å². The predicted molar refractivity (Wildman–Crippen MR) is 92.8 cm³/mol. The van der Waals surface area contributed by atoms with Crippen molar-refractivity contribution in [1.29, 1.82) is 0 Å². The summed E-state index contributed by atoms with van der Waals surface area (Å²) in [4.78, 5) is 1.30. The molecule has 0 aliphatic carbocycles. The molecule has 5 heteroatoms. The van der Waals surface area contributed by atoms with E-state index in [4.69, 9.17) is 4.74 Å². The Balaban J connectivity index is 2.38. The van der Waals surface area contributed by atoms with Gasteiger partial charge in [-0.05, 0) is 58.0 Å². The van der Waals surface area contributed by atoms with Crippen molar-refractivity contribution < 1.29 is 4.74 Å². The Morgan fingerprint density at radius 3 is 2.60 bits per heavy atom. The molecule has 0 fully saturated rings. The van der Waals surface area contributed by atoms with E-state index in [9.17, 15) is 0 Å². The van der Waals surface area contributed by atoms with Crippen LogP contribution in [0, 0.1) is 0 Å². The minimum absolute atomic E-state index is 0.185. The molecule has 0 bridgehead atoms. The molecular formula is C15H17Br2NOS. The highest BCUT2D eigenvalue weighted by molar-refractivity contribution is 9.10. The minimum atomic E-state index is 0.185. The quantitative estimate of drug-likeness (QED) is 0.680. The first-order valence-electron chi connectivity index (χ1n) is 6.47. The van der Waals surface area contributed by atoms with Crippen LogP contribution in [0.1, 0.15) is 29.8 Å². The fraction of sp³-hybridized carbons (Fsp3) is 0.333. The van der Waals surface area contributed by atoms with Gasteiger partial charge in [-0.15, -0.1) is 11.3 Å². The lowest BCUT2D eigenvalue weighted by atomic mass is 10.0. The van der Waals surface area contributed by atoms with Crippen LogP contribution in [0.4, 0.5) is 0 Å². The van der Waals surface area contributed by atoms with E-state index in [2.05, 4.69) is 61.6 Å². The largest absolute Gasteiger partial charge is 0.497 e. The highest BCUT2D eigenvalue weighted by Crippen LogP contribution is 2.37. The first-order valence-corrected chi connectivity index (χ1v) is 8.93. The number of ether oxygens (including phenoxy) is 1. The molecule has 0 saturated carbocycles. The van der Waals surface area contributed by atoms with E-state index < -0.39 is 0 Å². The molecule has 1 atom stereocenters. The molecule has 1 unspecified atom stereocenters. The van der Waals surface area contributed by atoms with Crippen molar-refractivity contribution in [1.82, 2.24) is 5.32 Å².